The van der Waals surface area contributed by atoms with Crippen LogP contribution in [0.2, 0.25) is 0 Å². The number of carboxylic acid groups (broad SMARTS) is 1. The van der Waals surface area contributed by atoms with Crippen LogP contribution < -0.4 is 4.72 Å². The van der Waals surface area contributed by atoms with E-state index in [-0.39, 0.29) is 17.2 Å². The molecule has 18 heavy (non-hydrogen) atoms. The first-order valence-electron chi connectivity index (χ1n) is 5.24. The van der Waals surface area contributed by atoms with Gasteiger partial charge in [-0.15, -0.1) is 11.6 Å². The van der Waals surface area contributed by atoms with Crippen molar-refractivity contribution >= 4 is 27.6 Å². The lowest BCUT2D eigenvalue weighted by Crippen LogP contribution is -2.40. The van der Waals surface area contributed by atoms with Gasteiger partial charge in [0.15, 0.2) is 0 Å². The van der Waals surface area contributed by atoms with Crippen molar-refractivity contribution in [2.45, 2.75) is 24.3 Å². The summed E-state index contributed by atoms with van der Waals surface area (Å²) in [6.45, 7) is 1.83. The zero-order valence-corrected chi connectivity index (χ0v) is 11.3. The number of carbonyl (C=O) groups is 1. The van der Waals surface area contributed by atoms with Crippen LogP contribution in [0.3, 0.4) is 0 Å². The smallest absolute Gasteiger partial charge is 0.321 e. The summed E-state index contributed by atoms with van der Waals surface area (Å²) in [6.07, 6.45) is 0.0297. The second kappa shape index (κ2) is 6.17. The number of carboxylic acids is 1. The van der Waals surface area contributed by atoms with Crippen molar-refractivity contribution in [3.05, 3.63) is 29.8 Å². The van der Waals surface area contributed by atoms with E-state index in [1.807, 2.05) is 6.92 Å². The number of rotatable bonds is 6. The monoisotopic (exact) mass is 291 g/mol. The Bertz CT molecular complexity index is 512. The number of alkyl halides is 1. The average molecular weight is 292 g/mol. The molecule has 0 unspecified atom stereocenters. The molecule has 0 saturated heterocycles. The topological polar surface area (TPSA) is 83.5 Å². The van der Waals surface area contributed by atoms with Crippen LogP contribution in [-0.4, -0.2) is 31.4 Å². The van der Waals surface area contributed by atoms with Crippen LogP contribution in [0.15, 0.2) is 29.2 Å². The predicted octanol–water partition coefficient (Wildman–Crippen LogP) is 1.36. The molecule has 5 nitrogen and oxygen atoms in total. The van der Waals surface area contributed by atoms with Gasteiger partial charge in [0.05, 0.1) is 4.90 Å². The summed E-state index contributed by atoms with van der Waals surface area (Å²) >= 11 is 5.44. The third-order valence-electron chi connectivity index (χ3n) is 2.32. The minimum absolute atomic E-state index is 0.0297. The fourth-order valence-corrected chi connectivity index (χ4v) is 2.76. The van der Waals surface area contributed by atoms with Gasteiger partial charge in [0.1, 0.15) is 6.04 Å². The standard InChI is InChI=1S/C11H14ClNO4S/c1-8-2-4-9(5-3-8)18(16,17)13-10(6-7-12)11(14)15/h2-5,10,13H,6-7H2,1H3,(H,14,15)/t10-/m0/s1. The Hall–Kier alpha value is -1.11. The van der Waals surface area contributed by atoms with Crippen molar-refractivity contribution in [1.82, 2.24) is 4.72 Å². The summed E-state index contributed by atoms with van der Waals surface area (Å²) < 4.78 is 25.9. The van der Waals surface area contributed by atoms with Gasteiger partial charge in [-0.05, 0) is 25.5 Å². The second-order valence-electron chi connectivity index (χ2n) is 3.80. The summed E-state index contributed by atoms with van der Waals surface area (Å²) in [5, 5.41) is 8.87. The zero-order chi connectivity index (χ0) is 13.8. The molecule has 0 saturated carbocycles. The summed E-state index contributed by atoms with van der Waals surface area (Å²) in [7, 11) is -3.83. The fourth-order valence-electron chi connectivity index (χ4n) is 1.31. The van der Waals surface area contributed by atoms with Crippen LogP contribution in [0.5, 0.6) is 0 Å². The molecule has 1 aromatic carbocycles. The summed E-state index contributed by atoms with van der Waals surface area (Å²) in [5.41, 5.74) is 0.921. The van der Waals surface area contributed by atoms with Gasteiger partial charge in [0.2, 0.25) is 10.0 Å². The maximum atomic E-state index is 11.9. The van der Waals surface area contributed by atoms with E-state index >= 15 is 0 Å². The minimum atomic E-state index is -3.83. The lowest BCUT2D eigenvalue weighted by molar-refractivity contribution is -0.139. The van der Waals surface area contributed by atoms with Gasteiger partial charge >= 0.3 is 5.97 Å². The van der Waals surface area contributed by atoms with Crippen molar-refractivity contribution in [2.24, 2.45) is 0 Å². The normalized spacial score (nSPS) is 13.2. The van der Waals surface area contributed by atoms with Crippen molar-refractivity contribution in [2.75, 3.05) is 5.88 Å². The van der Waals surface area contributed by atoms with Crippen molar-refractivity contribution in [3.8, 4) is 0 Å². The molecule has 2 N–H and O–H groups in total. The average Bonchev–Trinajstić information content (AvgIpc) is 2.28. The van der Waals surface area contributed by atoms with Crippen LogP contribution in [0, 0.1) is 6.92 Å². The lowest BCUT2D eigenvalue weighted by atomic mass is 10.2. The Morgan fingerprint density at radius 1 is 1.39 bits per heavy atom. The largest absolute Gasteiger partial charge is 0.480 e. The van der Waals surface area contributed by atoms with E-state index in [9.17, 15) is 13.2 Å². The molecule has 100 valence electrons. The van der Waals surface area contributed by atoms with E-state index in [1.54, 1.807) is 12.1 Å². The SMILES string of the molecule is Cc1ccc(S(=O)(=O)N[C@@H](CCCl)C(=O)O)cc1. The molecule has 0 aliphatic heterocycles. The number of halogens is 1. The number of hydrogen-bond acceptors (Lipinski definition) is 3. The van der Waals surface area contributed by atoms with Crippen molar-refractivity contribution in [1.29, 1.82) is 0 Å². The van der Waals surface area contributed by atoms with Crippen LogP contribution in [0.25, 0.3) is 0 Å². The first kappa shape index (κ1) is 14.9. The molecular weight excluding hydrogens is 278 g/mol. The van der Waals surface area contributed by atoms with Crippen LogP contribution in [0.4, 0.5) is 0 Å². The summed E-state index contributed by atoms with van der Waals surface area (Å²) in [5.74, 6) is -1.18. The first-order valence-corrected chi connectivity index (χ1v) is 7.26. The van der Waals surface area contributed by atoms with Gasteiger partial charge in [-0.1, -0.05) is 17.7 Å². The van der Waals surface area contributed by atoms with Gasteiger partial charge in [-0.2, -0.15) is 4.72 Å². The van der Waals surface area contributed by atoms with E-state index in [0.717, 1.165) is 5.56 Å². The van der Waals surface area contributed by atoms with Gasteiger partial charge in [0.25, 0.3) is 0 Å². The molecule has 0 aromatic heterocycles. The highest BCUT2D eigenvalue weighted by molar-refractivity contribution is 7.89. The zero-order valence-electron chi connectivity index (χ0n) is 9.76. The van der Waals surface area contributed by atoms with E-state index < -0.39 is 22.0 Å². The number of aliphatic carboxylic acids is 1. The Labute approximate surface area is 111 Å². The Kier molecular flexibility index (Phi) is 5.13. The maximum Gasteiger partial charge on any atom is 0.321 e. The predicted molar refractivity (Wildman–Crippen MR) is 68.3 cm³/mol. The molecule has 0 bridgehead atoms. The van der Waals surface area contributed by atoms with Crippen molar-refractivity contribution in [3.63, 3.8) is 0 Å². The van der Waals surface area contributed by atoms with Crippen LogP contribution >= 0.6 is 11.6 Å². The van der Waals surface area contributed by atoms with Gasteiger partial charge < -0.3 is 5.11 Å². The highest BCUT2D eigenvalue weighted by atomic mass is 35.5. The highest BCUT2D eigenvalue weighted by Gasteiger charge is 2.24. The van der Waals surface area contributed by atoms with E-state index in [0.29, 0.717) is 0 Å². The highest BCUT2D eigenvalue weighted by Crippen LogP contribution is 2.11. The number of hydrogen-bond donors (Lipinski definition) is 2. The molecular formula is C11H14ClNO4S. The molecule has 0 aliphatic carbocycles. The molecule has 0 amide bonds. The number of benzene rings is 1. The van der Waals surface area contributed by atoms with Crippen LogP contribution in [-0.2, 0) is 14.8 Å². The van der Waals surface area contributed by atoms with E-state index in [2.05, 4.69) is 4.72 Å². The minimum Gasteiger partial charge on any atom is -0.480 e. The Morgan fingerprint density at radius 3 is 2.39 bits per heavy atom. The molecule has 1 rings (SSSR count). The molecule has 1 atom stereocenters. The van der Waals surface area contributed by atoms with E-state index in [4.69, 9.17) is 16.7 Å². The molecule has 0 radical (unpaired) electrons. The van der Waals surface area contributed by atoms with Crippen LogP contribution in [0.1, 0.15) is 12.0 Å². The fraction of sp³-hybridized carbons (Fsp3) is 0.364. The quantitative estimate of drug-likeness (QED) is 0.775. The second-order valence-corrected chi connectivity index (χ2v) is 5.89. The molecule has 0 heterocycles. The van der Waals surface area contributed by atoms with Gasteiger partial charge in [-0.25, -0.2) is 8.42 Å². The number of aryl methyl sites for hydroxylation is 1. The van der Waals surface area contributed by atoms with Gasteiger partial charge in [-0.3, -0.25) is 4.79 Å². The molecule has 0 fully saturated rings. The molecule has 0 spiro atoms. The molecule has 1 aromatic rings. The summed E-state index contributed by atoms with van der Waals surface area (Å²) in [6, 6.07) is 4.93. The van der Waals surface area contributed by atoms with E-state index in [1.165, 1.54) is 12.1 Å². The third-order valence-corrected chi connectivity index (χ3v) is 4.03. The molecule has 7 heteroatoms. The maximum absolute atomic E-state index is 11.9. The number of sulfonamides is 1. The Balaban J connectivity index is 2.93. The van der Waals surface area contributed by atoms with Crippen molar-refractivity contribution < 1.29 is 18.3 Å². The third kappa shape index (κ3) is 3.97. The first-order chi connectivity index (χ1) is 8.36. The van der Waals surface area contributed by atoms with Gasteiger partial charge in [0, 0.05) is 5.88 Å². The molecule has 0 aliphatic rings. The number of nitrogens with one attached hydrogen (secondary N) is 1. The summed E-state index contributed by atoms with van der Waals surface area (Å²) in [4.78, 5) is 10.9. The Morgan fingerprint density at radius 2 is 1.94 bits per heavy atom. The lowest BCUT2D eigenvalue weighted by Gasteiger charge is -2.13.